The summed E-state index contributed by atoms with van der Waals surface area (Å²) in [5.74, 6) is 0.410. The number of alkyl halides is 3. The van der Waals surface area contributed by atoms with Crippen LogP contribution in [0.5, 0.6) is 0 Å². The highest BCUT2D eigenvalue weighted by molar-refractivity contribution is 5.85. The third-order valence-corrected chi connectivity index (χ3v) is 3.21. The van der Waals surface area contributed by atoms with Crippen molar-refractivity contribution in [2.24, 2.45) is 5.92 Å². The van der Waals surface area contributed by atoms with Gasteiger partial charge in [0.15, 0.2) is 0 Å². The van der Waals surface area contributed by atoms with E-state index < -0.39 is 17.5 Å². The van der Waals surface area contributed by atoms with Gasteiger partial charge in [0.25, 0.3) is 0 Å². The van der Waals surface area contributed by atoms with E-state index in [1.165, 1.54) is 12.1 Å². The molecule has 1 N–H and O–H groups in total. The van der Waals surface area contributed by atoms with Crippen molar-refractivity contribution in [1.29, 1.82) is 0 Å². The van der Waals surface area contributed by atoms with Gasteiger partial charge in [0.1, 0.15) is 5.72 Å². The highest BCUT2D eigenvalue weighted by Gasteiger charge is 2.34. The standard InChI is InChI=1S/C13H16F3NO.ClH/c1-9-7-17-12(2,18-8-9)10-3-5-11(6-4-10)13(14,15)16;/h3-6,9,17H,7-8H2,1-2H3;1H. The predicted octanol–water partition coefficient (Wildman–Crippen LogP) is 3.56. The van der Waals surface area contributed by atoms with Gasteiger partial charge >= 0.3 is 6.18 Å². The van der Waals surface area contributed by atoms with Crippen LogP contribution in [-0.2, 0) is 16.6 Å². The number of ether oxygens (including phenoxy) is 1. The van der Waals surface area contributed by atoms with Gasteiger partial charge in [-0.15, -0.1) is 12.4 Å². The van der Waals surface area contributed by atoms with Crippen LogP contribution in [0.15, 0.2) is 24.3 Å². The molecule has 0 spiro atoms. The molecule has 0 radical (unpaired) electrons. The van der Waals surface area contributed by atoms with Crippen LogP contribution in [0, 0.1) is 5.92 Å². The summed E-state index contributed by atoms with van der Waals surface area (Å²) < 4.78 is 43.1. The number of hydrogen-bond acceptors (Lipinski definition) is 2. The van der Waals surface area contributed by atoms with Crippen LogP contribution in [0.25, 0.3) is 0 Å². The molecule has 6 heteroatoms. The van der Waals surface area contributed by atoms with E-state index in [-0.39, 0.29) is 12.4 Å². The molecule has 2 nitrogen and oxygen atoms in total. The number of halogens is 4. The van der Waals surface area contributed by atoms with Gasteiger partial charge < -0.3 is 4.74 Å². The lowest BCUT2D eigenvalue weighted by Gasteiger charge is -2.38. The van der Waals surface area contributed by atoms with Gasteiger partial charge in [-0.3, -0.25) is 5.32 Å². The second-order valence-corrected chi connectivity index (χ2v) is 4.91. The van der Waals surface area contributed by atoms with Crippen molar-refractivity contribution in [2.75, 3.05) is 13.2 Å². The maximum absolute atomic E-state index is 12.5. The maximum atomic E-state index is 12.5. The summed E-state index contributed by atoms with van der Waals surface area (Å²) >= 11 is 0. The fourth-order valence-electron chi connectivity index (χ4n) is 1.95. The zero-order valence-electron chi connectivity index (χ0n) is 10.8. The zero-order chi connectivity index (χ0) is 13.4. The third-order valence-electron chi connectivity index (χ3n) is 3.21. The first-order chi connectivity index (χ1) is 8.31. The van der Waals surface area contributed by atoms with Crippen molar-refractivity contribution in [3.05, 3.63) is 35.4 Å². The largest absolute Gasteiger partial charge is 0.416 e. The molecular formula is C13H17ClF3NO. The minimum atomic E-state index is -4.30. The van der Waals surface area contributed by atoms with Crippen LogP contribution in [0.3, 0.4) is 0 Å². The lowest BCUT2D eigenvalue weighted by atomic mass is 9.99. The molecule has 1 aliphatic heterocycles. The van der Waals surface area contributed by atoms with Gasteiger partial charge in [-0.25, -0.2) is 0 Å². The Kier molecular flexibility index (Phi) is 4.87. The topological polar surface area (TPSA) is 21.3 Å². The van der Waals surface area contributed by atoms with Crippen LogP contribution in [0.1, 0.15) is 25.0 Å². The maximum Gasteiger partial charge on any atom is 0.416 e. The van der Waals surface area contributed by atoms with Crippen molar-refractivity contribution in [3.8, 4) is 0 Å². The second kappa shape index (κ2) is 5.69. The molecule has 1 aromatic rings. The smallest absolute Gasteiger partial charge is 0.356 e. The van der Waals surface area contributed by atoms with E-state index in [2.05, 4.69) is 12.2 Å². The summed E-state index contributed by atoms with van der Waals surface area (Å²) in [6, 6.07) is 5.10. The average molecular weight is 296 g/mol. The number of benzene rings is 1. The van der Waals surface area contributed by atoms with E-state index in [9.17, 15) is 13.2 Å². The molecule has 1 fully saturated rings. The summed E-state index contributed by atoms with van der Waals surface area (Å²) in [7, 11) is 0. The highest BCUT2D eigenvalue weighted by atomic mass is 35.5. The van der Waals surface area contributed by atoms with Gasteiger partial charge in [0.05, 0.1) is 12.2 Å². The van der Waals surface area contributed by atoms with Crippen molar-refractivity contribution >= 4 is 12.4 Å². The molecule has 2 atom stereocenters. The lowest BCUT2D eigenvalue weighted by Crippen LogP contribution is -2.49. The molecule has 19 heavy (non-hydrogen) atoms. The Hall–Kier alpha value is -0.780. The molecule has 0 saturated carbocycles. The molecule has 1 aromatic carbocycles. The molecule has 2 unspecified atom stereocenters. The summed E-state index contributed by atoms with van der Waals surface area (Å²) in [5, 5.41) is 3.22. The minimum absolute atomic E-state index is 0. The molecular weight excluding hydrogens is 279 g/mol. The van der Waals surface area contributed by atoms with Crippen LogP contribution < -0.4 is 5.32 Å². The highest BCUT2D eigenvalue weighted by Crippen LogP contribution is 2.32. The summed E-state index contributed by atoms with van der Waals surface area (Å²) in [5.41, 5.74) is -0.627. The van der Waals surface area contributed by atoms with Gasteiger partial charge in [-0.1, -0.05) is 19.1 Å². The number of nitrogens with one attached hydrogen (secondary N) is 1. The SMILES string of the molecule is CC1CNC(C)(c2ccc(C(F)(F)F)cc2)OC1.Cl. The first-order valence-electron chi connectivity index (χ1n) is 5.88. The number of hydrogen-bond donors (Lipinski definition) is 1. The van der Waals surface area contributed by atoms with Crippen LogP contribution in [0.4, 0.5) is 13.2 Å². The second-order valence-electron chi connectivity index (χ2n) is 4.91. The molecule has 2 rings (SSSR count). The lowest BCUT2D eigenvalue weighted by molar-refractivity contribution is -0.137. The summed E-state index contributed by atoms with van der Waals surface area (Å²) in [6.45, 7) is 5.28. The molecule has 1 aliphatic rings. The van der Waals surface area contributed by atoms with Gasteiger partial charge in [-0.05, 0) is 30.5 Å². The van der Waals surface area contributed by atoms with Crippen LogP contribution in [-0.4, -0.2) is 13.2 Å². The monoisotopic (exact) mass is 295 g/mol. The Morgan fingerprint density at radius 3 is 2.26 bits per heavy atom. The van der Waals surface area contributed by atoms with Crippen molar-refractivity contribution in [2.45, 2.75) is 25.7 Å². The minimum Gasteiger partial charge on any atom is -0.356 e. The molecule has 0 bridgehead atoms. The third kappa shape index (κ3) is 3.61. The fourth-order valence-corrected chi connectivity index (χ4v) is 1.95. The van der Waals surface area contributed by atoms with Crippen LogP contribution in [0.2, 0.25) is 0 Å². The van der Waals surface area contributed by atoms with Gasteiger partial charge in [0, 0.05) is 6.54 Å². The number of rotatable bonds is 1. The van der Waals surface area contributed by atoms with Crippen molar-refractivity contribution in [3.63, 3.8) is 0 Å². The summed E-state index contributed by atoms with van der Waals surface area (Å²) in [6.07, 6.45) is -4.30. The van der Waals surface area contributed by atoms with E-state index in [0.29, 0.717) is 18.1 Å². The molecule has 1 saturated heterocycles. The Morgan fingerprint density at radius 2 is 1.84 bits per heavy atom. The van der Waals surface area contributed by atoms with E-state index in [1.54, 1.807) is 0 Å². The first kappa shape index (κ1) is 16.3. The van der Waals surface area contributed by atoms with E-state index in [0.717, 1.165) is 18.7 Å². The molecule has 0 amide bonds. The molecule has 1 heterocycles. The van der Waals surface area contributed by atoms with Crippen LogP contribution >= 0.6 is 12.4 Å². The van der Waals surface area contributed by atoms with Gasteiger partial charge in [0.2, 0.25) is 0 Å². The normalized spacial score (nSPS) is 27.7. The van der Waals surface area contributed by atoms with E-state index in [4.69, 9.17) is 4.74 Å². The van der Waals surface area contributed by atoms with Crippen molar-refractivity contribution < 1.29 is 17.9 Å². The Bertz CT molecular complexity index is 411. The van der Waals surface area contributed by atoms with Crippen molar-refractivity contribution in [1.82, 2.24) is 5.32 Å². The fraction of sp³-hybridized carbons (Fsp3) is 0.538. The summed E-state index contributed by atoms with van der Waals surface area (Å²) in [4.78, 5) is 0. The molecule has 108 valence electrons. The van der Waals surface area contributed by atoms with E-state index in [1.807, 2.05) is 6.92 Å². The zero-order valence-corrected chi connectivity index (χ0v) is 11.6. The average Bonchev–Trinajstić information content (AvgIpc) is 2.32. The molecule has 0 aromatic heterocycles. The predicted molar refractivity (Wildman–Crippen MR) is 69.2 cm³/mol. The van der Waals surface area contributed by atoms with E-state index >= 15 is 0 Å². The Labute approximate surface area is 116 Å². The first-order valence-corrected chi connectivity index (χ1v) is 5.88. The quantitative estimate of drug-likeness (QED) is 0.855. The van der Waals surface area contributed by atoms with Gasteiger partial charge in [-0.2, -0.15) is 13.2 Å². The molecule has 0 aliphatic carbocycles. The Morgan fingerprint density at radius 1 is 1.26 bits per heavy atom. The Balaban J connectivity index is 0.00000180.